The molecule has 1 aliphatic rings. The zero-order valence-corrected chi connectivity index (χ0v) is 11.1. The molecule has 1 fully saturated rings. The minimum Gasteiger partial charge on any atom is -0.409 e. The number of rotatable bonds is 2. The van der Waals surface area contributed by atoms with Crippen LogP contribution in [0.15, 0.2) is 23.4 Å². The quantitative estimate of drug-likeness (QED) is 0.366. The summed E-state index contributed by atoms with van der Waals surface area (Å²) in [5.74, 6) is 0.0505. The molecule has 0 aliphatic carbocycles. The van der Waals surface area contributed by atoms with E-state index in [1.807, 2.05) is 12.1 Å². The molecular weight excluding hydrogens is 252 g/mol. The van der Waals surface area contributed by atoms with E-state index in [0.29, 0.717) is 10.6 Å². The van der Waals surface area contributed by atoms with Crippen molar-refractivity contribution in [2.45, 2.75) is 0 Å². The van der Waals surface area contributed by atoms with Crippen LogP contribution in [0.25, 0.3) is 0 Å². The Hall–Kier alpha value is -1.46. The largest absolute Gasteiger partial charge is 0.409 e. The average molecular weight is 269 g/mol. The fourth-order valence-corrected chi connectivity index (χ4v) is 2.39. The SMILES string of the molecule is CN1CCN(c2cccc(Cl)c2C(N)=NO)CC1. The van der Waals surface area contributed by atoms with Gasteiger partial charge in [0.1, 0.15) is 0 Å². The molecule has 1 saturated heterocycles. The second-order valence-corrected chi connectivity index (χ2v) is 4.82. The first-order valence-electron chi connectivity index (χ1n) is 5.83. The lowest BCUT2D eigenvalue weighted by molar-refractivity contribution is 0.312. The van der Waals surface area contributed by atoms with Crippen molar-refractivity contribution >= 4 is 23.1 Å². The standard InChI is InChI=1S/C12H17ClN4O/c1-16-5-7-17(8-6-16)10-4-2-3-9(13)11(10)12(14)15-18/h2-4,18H,5-8H2,1H3,(H2,14,15). The zero-order chi connectivity index (χ0) is 13.1. The van der Waals surface area contributed by atoms with Gasteiger partial charge >= 0.3 is 0 Å². The third-order valence-electron chi connectivity index (χ3n) is 3.20. The Labute approximate surface area is 111 Å². The Balaban J connectivity index is 2.35. The number of nitrogens with two attached hydrogens (primary N) is 1. The second-order valence-electron chi connectivity index (χ2n) is 4.41. The van der Waals surface area contributed by atoms with Crippen LogP contribution in [0.2, 0.25) is 5.02 Å². The van der Waals surface area contributed by atoms with Crippen LogP contribution in [0.4, 0.5) is 5.69 Å². The molecular formula is C12H17ClN4O. The van der Waals surface area contributed by atoms with E-state index in [9.17, 15) is 0 Å². The lowest BCUT2D eigenvalue weighted by atomic mass is 10.1. The summed E-state index contributed by atoms with van der Waals surface area (Å²) in [7, 11) is 2.10. The van der Waals surface area contributed by atoms with Gasteiger partial charge in [0.25, 0.3) is 0 Å². The van der Waals surface area contributed by atoms with Gasteiger partial charge in [0.2, 0.25) is 0 Å². The molecule has 0 atom stereocenters. The number of oxime groups is 1. The molecule has 1 heterocycles. The summed E-state index contributed by atoms with van der Waals surface area (Å²) in [6, 6.07) is 5.57. The maximum Gasteiger partial charge on any atom is 0.173 e. The molecule has 1 aliphatic heterocycles. The molecule has 98 valence electrons. The molecule has 0 aromatic heterocycles. The molecule has 5 nitrogen and oxygen atoms in total. The lowest BCUT2D eigenvalue weighted by Gasteiger charge is -2.35. The van der Waals surface area contributed by atoms with E-state index >= 15 is 0 Å². The smallest absolute Gasteiger partial charge is 0.173 e. The van der Waals surface area contributed by atoms with Gasteiger partial charge in [-0.1, -0.05) is 22.8 Å². The first-order chi connectivity index (χ1) is 8.63. The molecule has 1 aromatic rings. The van der Waals surface area contributed by atoms with Gasteiger partial charge in [0, 0.05) is 31.9 Å². The summed E-state index contributed by atoms with van der Waals surface area (Å²) >= 11 is 6.14. The van der Waals surface area contributed by atoms with Gasteiger partial charge in [-0.3, -0.25) is 0 Å². The van der Waals surface area contributed by atoms with Gasteiger partial charge in [-0.25, -0.2) is 0 Å². The number of benzene rings is 1. The molecule has 3 N–H and O–H groups in total. The van der Waals surface area contributed by atoms with E-state index in [1.165, 1.54) is 0 Å². The summed E-state index contributed by atoms with van der Waals surface area (Å²) in [6.07, 6.45) is 0. The normalized spacial score (nSPS) is 18.1. The monoisotopic (exact) mass is 268 g/mol. The molecule has 1 aromatic carbocycles. The van der Waals surface area contributed by atoms with Crippen molar-refractivity contribution in [1.82, 2.24) is 4.90 Å². The molecule has 0 spiro atoms. The second kappa shape index (κ2) is 5.46. The topological polar surface area (TPSA) is 65.1 Å². The van der Waals surface area contributed by atoms with Crippen LogP contribution in [-0.4, -0.2) is 49.2 Å². The molecule has 6 heteroatoms. The van der Waals surface area contributed by atoms with Crippen LogP contribution in [0.1, 0.15) is 5.56 Å². The summed E-state index contributed by atoms with van der Waals surface area (Å²) in [4.78, 5) is 4.48. The van der Waals surface area contributed by atoms with Crippen molar-refractivity contribution in [3.63, 3.8) is 0 Å². The Morgan fingerprint density at radius 3 is 2.61 bits per heavy atom. The molecule has 0 unspecified atom stereocenters. The van der Waals surface area contributed by atoms with Crippen molar-refractivity contribution in [1.29, 1.82) is 0 Å². The molecule has 0 radical (unpaired) electrons. The fraction of sp³-hybridized carbons (Fsp3) is 0.417. The minimum absolute atomic E-state index is 0.0505. The van der Waals surface area contributed by atoms with Crippen molar-refractivity contribution in [3.05, 3.63) is 28.8 Å². The molecule has 0 bridgehead atoms. The first kappa shape index (κ1) is 13.0. The number of likely N-dealkylation sites (N-methyl/N-ethyl adjacent to an activating group) is 1. The van der Waals surface area contributed by atoms with Crippen molar-refractivity contribution in [2.24, 2.45) is 10.9 Å². The summed E-state index contributed by atoms with van der Waals surface area (Å²) in [6.45, 7) is 3.79. The Morgan fingerprint density at radius 2 is 2.00 bits per heavy atom. The van der Waals surface area contributed by atoms with Crippen LogP contribution in [-0.2, 0) is 0 Å². The highest BCUT2D eigenvalue weighted by molar-refractivity contribution is 6.34. The van der Waals surface area contributed by atoms with E-state index in [-0.39, 0.29) is 5.84 Å². The van der Waals surface area contributed by atoms with E-state index in [1.54, 1.807) is 6.07 Å². The Bertz CT molecular complexity index is 455. The van der Waals surface area contributed by atoms with E-state index in [2.05, 4.69) is 22.0 Å². The van der Waals surface area contributed by atoms with Crippen molar-refractivity contribution in [2.75, 3.05) is 38.1 Å². The number of anilines is 1. The Morgan fingerprint density at radius 1 is 1.33 bits per heavy atom. The van der Waals surface area contributed by atoms with E-state index < -0.39 is 0 Å². The number of halogens is 1. The van der Waals surface area contributed by atoms with Crippen LogP contribution >= 0.6 is 11.6 Å². The zero-order valence-electron chi connectivity index (χ0n) is 10.3. The summed E-state index contributed by atoms with van der Waals surface area (Å²) in [5, 5.41) is 12.4. The predicted octanol–water partition coefficient (Wildman–Crippen LogP) is 1.19. The molecule has 18 heavy (non-hydrogen) atoms. The highest BCUT2D eigenvalue weighted by atomic mass is 35.5. The Kier molecular flexibility index (Phi) is 3.93. The summed E-state index contributed by atoms with van der Waals surface area (Å²) in [5.41, 5.74) is 7.23. The van der Waals surface area contributed by atoms with Crippen LogP contribution < -0.4 is 10.6 Å². The van der Waals surface area contributed by atoms with Gasteiger partial charge in [-0.2, -0.15) is 0 Å². The van der Waals surface area contributed by atoms with Gasteiger partial charge in [0.05, 0.1) is 10.6 Å². The molecule has 0 saturated carbocycles. The molecule has 0 amide bonds. The van der Waals surface area contributed by atoms with Gasteiger partial charge in [-0.05, 0) is 19.2 Å². The highest BCUT2D eigenvalue weighted by Gasteiger charge is 2.20. The number of hydrogen-bond donors (Lipinski definition) is 2. The predicted molar refractivity (Wildman–Crippen MR) is 73.7 cm³/mol. The maximum atomic E-state index is 8.86. The van der Waals surface area contributed by atoms with Crippen LogP contribution in [0.5, 0.6) is 0 Å². The van der Waals surface area contributed by atoms with Crippen LogP contribution in [0, 0.1) is 0 Å². The lowest BCUT2D eigenvalue weighted by Crippen LogP contribution is -2.45. The van der Waals surface area contributed by atoms with Crippen molar-refractivity contribution < 1.29 is 5.21 Å². The van der Waals surface area contributed by atoms with E-state index in [0.717, 1.165) is 31.9 Å². The van der Waals surface area contributed by atoms with E-state index in [4.69, 9.17) is 22.5 Å². The minimum atomic E-state index is 0.0505. The number of piperazine rings is 1. The van der Waals surface area contributed by atoms with Gasteiger partial charge in [0.15, 0.2) is 5.84 Å². The molecule has 2 rings (SSSR count). The highest BCUT2D eigenvalue weighted by Crippen LogP contribution is 2.28. The van der Waals surface area contributed by atoms with Crippen molar-refractivity contribution in [3.8, 4) is 0 Å². The van der Waals surface area contributed by atoms with Crippen LogP contribution in [0.3, 0.4) is 0 Å². The number of amidine groups is 1. The number of nitrogens with zero attached hydrogens (tertiary/aromatic N) is 3. The van der Waals surface area contributed by atoms with Gasteiger partial charge in [-0.15, -0.1) is 0 Å². The third-order valence-corrected chi connectivity index (χ3v) is 3.51. The average Bonchev–Trinajstić information content (AvgIpc) is 2.38. The maximum absolute atomic E-state index is 8.86. The number of hydrogen-bond acceptors (Lipinski definition) is 4. The summed E-state index contributed by atoms with van der Waals surface area (Å²) < 4.78 is 0. The first-order valence-corrected chi connectivity index (χ1v) is 6.21. The third kappa shape index (κ3) is 2.52. The van der Waals surface area contributed by atoms with Gasteiger partial charge < -0.3 is 20.7 Å². The fourth-order valence-electron chi connectivity index (χ4n) is 2.13.